The second kappa shape index (κ2) is 10.8. The van der Waals surface area contributed by atoms with Gasteiger partial charge in [0.25, 0.3) is 11.5 Å². The van der Waals surface area contributed by atoms with E-state index in [1.807, 2.05) is 24.3 Å². The second-order valence-corrected chi connectivity index (χ2v) is 8.43. The Labute approximate surface area is 190 Å². The van der Waals surface area contributed by atoms with Gasteiger partial charge in [0, 0.05) is 20.0 Å². The van der Waals surface area contributed by atoms with Crippen LogP contribution in [0.5, 0.6) is 5.75 Å². The monoisotopic (exact) mass is 453 g/mol. The van der Waals surface area contributed by atoms with Crippen LogP contribution in [0.25, 0.3) is 10.2 Å². The molecule has 0 unspecified atom stereocenters. The smallest absolute Gasteiger partial charge is 0.332 e. The van der Waals surface area contributed by atoms with Gasteiger partial charge in [-0.15, -0.1) is 17.3 Å². The van der Waals surface area contributed by atoms with Gasteiger partial charge in [0.05, 0.1) is 23.9 Å². The highest BCUT2D eigenvalue weighted by Crippen LogP contribution is 2.22. The van der Waals surface area contributed by atoms with Gasteiger partial charge < -0.3 is 10.1 Å². The number of methoxy groups -OCH3 is 1. The van der Waals surface area contributed by atoms with Gasteiger partial charge in [-0.05, 0) is 30.2 Å². The second-order valence-electron chi connectivity index (χ2n) is 7.40. The van der Waals surface area contributed by atoms with E-state index >= 15 is 0 Å². The molecule has 0 spiro atoms. The summed E-state index contributed by atoms with van der Waals surface area (Å²) in [6, 6.07) is 8.94. The van der Waals surface area contributed by atoms with Crippen molar-refractivity contribution in [1.82, 2.24) is 14.5 Å². The van der Waals surface area contributed by atoms with E-state index in [1.165, 1.54) is 4.57 Å². The third-order valence-electron chi connectivity index (χ3n) is 5.11. The number of nitrogens with one attached hydrogen (secondary N) is 1. The number of aryl methyl sites for hydroxylation is 1. The van der Waals surface area contributed by atoms with Crippen LogP contribution in [0.4, 0.5) is 0 Å². The standard InChI is InChI=1S/C24H27N3O4S/c1-4-5-6-7-8-9-14-27-22(29)19-15-20(32-23(19)26(2)24(27)30)21(28)25-16-17-10-12-18(31-3)13-11-17/h10-13,15H,4-7,14,16H2,1-3H3,(H,25,28). The number of benzene rings is 1. The van der Waals surface area contributed by atoms with E-state index in [9.17, 15) is 14.4 Å². The summed E-state index contributed by atoms with van der Waals surface area (Å²) in [5, 5.41) is 3.20. The number of unbranched alkanes of at least 4 members (excludes halogenated alkanes) is 3. The number of fused-ring (bicyclic) bond motifs is 1. The molecule has 0 radical (unpaired) electrons. The van der Waals surface area contributed by atoms with Crippen molar-refractivity contribution in [3.63, 3.8) is 0 Å². The number of rotatable bonds is 8. The van der Waals surface area contributed by atoms with Crippen LogP contribution in [-0.4, -0.2) is 22.2 Å². The molecule has 2 heterocycles. The molecule has 32 heavy (non-hydrogen) atoms. The maximum absolute atomic E-state index is 12.9. The quantitative estimate of drug-likeness (QED) is 0.419. The highest BCUT2D eigenvalue weighted by atomic mass is 32.1. The Morgan fingerprint density at radius 2 is 1.91 bits per heavy atom. The molecular formula is C24H27N3O4S. The number of carbonyl (C=O) groups excluding carboxylic acids is 1. The van der Waals surface area contributed by atoms with Crippen molar-refractivity contribution in [2.24, 2.45) is 7.05 Å². The van der Waals surface area contributed by atoms with Crippen molar-refractivity contribution in [2.45, 2.75) is 45.7 Å². The van der Waals surface area contributed by atoms with Gasteiger partial charge in [-0.2, -0.15) is 0 Å². The molecule has 168 valence electrons. The fourth-order valence-corrected chi connectivity index (χ4v) is 4.26. The van der Waals surface area contributed by atoms with Gasteiger partial charge in [0.15, 0.2) is 0 Å². The summed E-state index contributed by atoms with van der Waals surface area (Å²) in [7, 11) is 3.20. The van der Waals surface area contributed by atoms with Crippen LogP contribution >= 0.6 is 11.3 Å². The van der Waals surface area contributed by atoms with E-state index in [-0.39, 0.29) is 12.5 Å². The minimum Gasteiger partial charge on any atom is -0.497 e. The van der Waals surface area contributed by atoms with Crippen molar-refractivity contribution in [2.75, 3.05) is 7.11 Å². The predicted molar refractivity (Wildman–Crippen MR) is 127 cm³/mol. The molecule has 0 saturated heterocycles. The number of thiophene rings is 1. The normalized spacial score (nSPS) is 10.6. The number of hydrogen-bond acceptors (Lipinski definition) is 5. The molecule has 0 aliphatic rings. The maximum atomic E-state index is 12.9. The molecule has 1 aromatic carbocycles. The van der Waals surface area contributed by atoms with Crippen molar-refractivity contribution in [3.8, 4) is 17.6 Å². The lowest BCUT2D eigenvalue weighted by Crippen LogP contribution is -2.38. The van der Waals surface area contributed by atoms with Crippen LogP contribution in [0, 0.1) is 11.8 Å². The minimum atomic E-state index is -0.433. The van der Waals surface area contributed by atoms with Gasteiger partial charge in [-0.3, -0.25) is 14.2 Å². The molecule has 1 N–H and O–H groups in total. The lowest BCUT2D eigenvalue weighted by Gasteiger charge is -2.05. The molecule has 0 saturated carbocycles. The zero-order valence-electron chi connectivity index (χ0n) is 18.6. The average Bonchev–Trinajstić information content (AvgIpc) is 3.26. The average molecular weight is 454 g/mol. The Bertz CT molecular complexity index is 1270. The fraction of sp³-hybridized carbons (Fsp3) is 0.375. The van der Waals surface area contributed by atoms with Gasteiger partial charge in [0.2, 0.25) is 0 Å². The van der Waals surface area contributed by atoms with E-state index in [4.69, 9.17) is 4.74 Å². The van der Waals surface area contributed by atoms with Crippen LogP contribution in [0.15, 0.2) is 39.9 Å². The molecule has 0 atom stereocenters. The number of hydrogen-bond donors (Lipinski definition) is 1. The van der Waals surface area contributed by atoms with Crippen molar-refractivity contribution >= 4 is 27.5 Å². The number of aromatic nitrogens is 2. The first-order valence-corrected chi connectivity index (χ1v) is 11.4. The lowest BCUT2D eigenvalue weighted by molar-refractivity contribution is 0.0955. The molecule has 0 fully saturated rings. The molecule has 0 aliphatic heterocycles. The Hall–Kier alpha value is -3.31. The van der Waals surface area contributed by atoms with Crippen molar-refractivity contribution in [1.29, 1.82) is 0 Å². The van der Waals surface area contributed by atoms with E-state index in [2.05, 4.69) is 24.1 Å². The number of ether oxygens (including phenoxy) is 1. The van der Waals surface area contributed by atoms with Gasteiger partial charge in [-0.1, -0.05) is 37.8 Å². The fourth-order valence-electron chi connectivity index (χ4n) is 3.23. The van der Waals surface area contributed by atoms with Crippen molar-refractivity contribution in [3.05, 3.63) is 61.6 Å². The molecule has 0 bridgehead atoms. The van der Waals surface area contributed by atoms with Crippen molar-refractivity contribution < 1.29 is 9.53 Å². The van der Waals surface area contributed by atoms with Gasteiger partial charge >= 0.3 is 5.69 Å². The summed E-state index contributed by atoms with van der Waals surface area (Å²) >= 11 is 1.13. The number of nitrogens with zero attached hydrogens (tertiary/aromatic N) is 2. The number of carbonyl (C=O) groups is 1. The van der Waals surface area contributed by atoms with Gasteiger partial charge in [-0.25, -0.2) is 9.36 Å². The first-order chi connectivity index (χ1) is 15.5. The van der Waals surface area contributed by atoms with Crippen LogP contribution in [0.3, 0.4) is 0 Å². The Balaban J connectivity index is 1.78. The zero-order chi connectivity index (χ0) is 23.1. The number of amides is 1. The predicted octanol–water partition coefficient (Wildman–Crippen LogP) is 3.28. The first-order valence-electron chi connectivity index (χ1n) is 10.6. The van der Waals surface area contributed by atoms with Crippen LogP contribution in [0.2, 0.25) is 0 Å². The molecule has 2 aromatic heterocycles. The summed E-state index contributed by atoms with van der Waals surface area (Å²) in [4.78, 5) is 39.1. The third kappa shape index (κ3) is 5.29. The first kappa shape index (κ1) is 23.4. The van der Waals surface area contributed by atoms with Crippen LogP contribution in [-0.2, 0) is 20.1 Å². The summed E-state index contributed by atoms with van der Waals surface area (Å²) in [5.41, 5.74) is 0.0707. The van der Waals surface area contributed by atoms with E-state index in [0.29, 0.717) is 21.6 Å². The SMILES string of the molecule is CCCCCC#CCn1c(=O)c2cc(C(=O)NCc3ccc(OC)cc3)sc2n(C)c1=O. The molecule has 1 amide bonds. The van der Waals surface area contributed by atoms with Crippen LogP contribution in [0.1, 0.15) is 47.8 Å². The molecule has 3 aromatic rings. The highest BCUT2D eigenvalue weighted by Gasteiger charge is 2.17. The molecule has 3 rings (SSSR count). The third-order valence-corrected chi connectivity index (χ3v) is 6.32. The highest BCUT2D eigenvalue weighted by molar-refractivity contribution is 7.20. The maximum Gasteiger partial charge on any atom is 0.332 e. The summed E-state index contributed by atoms with van der Waals surface area (Å²) in [6.07, 6.45) is 3.99. The Kier molecular flexibility index (Phi) is 7.90. The minimum absolute atomic E-state index is 0.0441. The topological polar surface area (TPSA) is 82.3 Å². The van der Waals surface area contributed by atoms with E-state index in [0.717, 1.165) is 52.9 Å². The largest absolute Gasteiger partial charge is 0.497 e. The lowest BCUT2D eigenvalue weighted by atomic mass is 10.2. The summed E-state index contributed by atoms with van der Waals surface area (Å²) < 4.78 is 7.66. The Morgan fingerprint density at radius 3 is 2.59 bits per heavy atom. The molecule has 0 aliphatic carbocycles. The van der Waals surface area contributed by atoms with E-state index in [1.54, 1.807) is 20.2 Å². The van der Waals surface area contributed by atoms with E-state index < -0.39 is 11.2 Å². The summed E-state index contributed by atoms with van der Waals surface area (Å²) in [5.74, 6) is 6.40. The molecule has 8 heteroatoms. The molecule has 7 nitrogen and oxygen atoms in total. The van der Waals surface area contributed by atoms with Gasteiger partial charge in [0.1, 0.15) is 10.6 Å². The molecular weight excluding hydrogens is 426 g/mol. The van der Waals surface area contributed by atoms with Crippen LogP contribution < -0.4 is 21.3 Å². The Morgan fingerprint density at radius 1 is 1.16 bits per heavy atom. The zero-order valence-corrected chi connectivity index (χ0v) is 19.4. The summed E-state index contributed by atoms with van der Waals surface area (Å²) in [6.45, 7) is 2.51.